The summed E-state index contributed by atoms with van der Waals surface area (Å²) in [6.45, 7) is 16.5. The summed E-state index contributed by atoms with van der Waals surface area (Å²) in [6, 6.07) is 47.9. The van der Waals surface area contributed by atoms with Crippen molar-refractivity contribution in [1.82, 2.24) is 0 Å². The molecule has 10 rings (SSSR count). The number of nitrogens with zero attached hydrogens (tertiary/aromatic N) is 2. The van der Waals surface area contributed by atoms with Crippen molar-refractivity contribution in [1.29, 1.82) is 0 Å². The summed E-state index contributed by atoms with van der Waals surface area (Å²) >= 11 is 0. The summed E-state index contributed by atoms with van der Waals surface area (Å²) in [6.07, 6.45) is -0.552. The number of anilines is 6. The molecule has 0 unspecified atom stereocenters. The Bertz CT molecular complexity index is 2990. The highest BCUT2D eigenvalue weighted by atomic mass is 19.1. The minimum Gasteiger partial charge on any atom is -0.505 e. The Morgan fingerprint density at radius 3 is 1.10 bits per heavy atom. The van der Waals surface area contributed by atoms with E-state index in [0.717, 1.165) is 67.3 Å². The molecule has 0 aliphatic carbocycles. The molecule has 2 N–H and O–H groups in total. The lowest BCUT2D eigenvalue weighted by Gasteiger charge is -2.35. The third kappa shape index (κ3) is 7.64. The van der Waals surface area contributed by atoms with Crippen LogP contribution in [0.1, 0.15) is 53.6 Å². The Kier molecular flexibility index (Phi) is 10.9. The highest BCUT2D eigenvalue weighted by Crippen LogP contribution is 2.55. The van der Waals surface area contributed by atoms with Crippen LogP contribution in [0.3, 0.4) is 0 Å². The first kappa shape index (κ1) is 42.8. The lowest BCUT2D eigenvalue weighted by atomic mass is 9.90. The normalized spacial score (nSPS) is 13.6. The van der Waals surface area contributed by atoms with Gasteiger partial charge in [0.1, 0.15) is 34.6 Å². The van der Waals surface area contributed by atoms with Gasteiger partial charge in [-0.15, -0.1) is 0 Å². The van der Waals surface area contributed by atoms with Gasteiger partial charge in [-0.1, -0.05) is 86.0 Å². The minimum atomic E-state index is -0.482. The molecule has 2 heterocycles. The first-order valence-electron chi connectivity index (χ1n) is 22.3. The summed E-state index contributed by atoms with van der Waals surface area (Å²) in [5.41, 5.74) is 13.4. The number of rotatable bonds is 10. The van der Waals surface area contributed by atoms with Crippen molar-refractivity contribution < 1.29 is 28.5 Å². The Hall–Kier alpha value is -8.10. The summed E-state index contributed by atoms with van der Waals surface area (Å²) in [7, 11) is 0. The van der Waals surface area contributed by atoms with E-state index < -0.39 is 23.8 Å². The van der Waals surface area contributed by atoms with Crippen molar-refractivity contribution >= 4 is 45.3 Å². The first-order valence-corrected chi connectivity index (χ1v) is 22.3. The molecule has 8 aromatic carbocycles. The fourth-order valence-corrected chi connectivity index (χ4v) is 9.66. The summed E-state index contributed by atoms with van der Waals surface area (Å²) in [5.74, 6) is -0.273. The van der Waals surface area contributed by atoms with Crippen molar-refractivity contribution in [2.24, 2.45) is 0 Å². The number of halogens is 2. The van der Waals surface area contributed by atoms with Crippen LogP contribution in [0.4, 0.5) is 42.9 Å². The van der Waals surface area contributed by atoms with Gasteiger partial charge in [0.15, 0.2) is 0 Å². The Morgan fingerprint density at radius 1 is 0.433 bits per heavy atom. The average Bonchev–Trinajstić information content (AvgIpc) is 3.32. The molecule has 2 aliphatic heterocycles. The zero-order valence-corrected chi connectivity index (χ0v) is 37.6. The van der Waals surface area contributed by atoms with E-state index in [-0.39, 0.29) is 11.5 Å². The average molecular weight is 887 g/mol. The van der Waals surface area contributed by atoms with Gasteiger partial charge in [0, 0.05) is 50.9 Å². The lowest BCUT2D eigenvalue weighted by molar-refractivity contribution is 0.131. The van der Waals surface area contributed by atoms with E-state index in [1.165, 1.54) is 24.3 Å². The molecule has 67 heavy (non-hydrogen) atoms. The van der Waals surface area contributed by atoms with E-state index in [1.807, 2.05) is 159 Å². The van der Waals surface area contributed by atoms with Crippen LogP contribution in [0.25, 0.3) is 33.4 Å². The van der Waals surface area contributed by atoms with Crippen LogP contribution >= 0.6 is 0 Å². The minimum absolute atomic E-state index is 0.0342. The van der Waals surface area contributed by atoms with Gasteiger partial charge in [0.2, 0.25) is 0 Å². The van der Waals surface area contributed by atoms with Crippen LogP contribution in [-0.2, 0) is 0 Å². The van der Waals surface area contributed by atoms with E-state index in [1.54, 1.807) is 12.1 Å². The number of para-hydroxylation sites is 4. The predicted molar refractivity (Wildman–Crippen MR) is 267 cm³/mol. The van der Waals surface area contributed by atoms with Crippen LogP contribution in [-0.4, -0.2) is 22.4 Å². The second-order valence-corrected chi connectivity index (χ2v) is 17.4. The topological polar surface area (TPSA) is 65.4 Å². The fraction of sp³-hybridized carbons (Fsp3) is 0.119. The molecular formula is C59H48F2N2O4. The molecule has 2 aliphatic rings. The molecule has 6 nitrogen and oxygen atoms in total. The standard InChI is InChI=1S/C59H48F2N2O4/c1-34-27-48(58(64)54(29-34)62-50-19-11-7-15-42(50)38(5)43-16-8-12-20-51(43)62)46-32-40(60)23-25-56(46)66-36(3)31-37(4)67-57-26-24-41(61)33-47(57)49-28-35(2)30-55(59(49)65)63-52-21-13-9-17-44(52)39(6)45-18-10-14-22-53(45)63/h7-30,32-33,36-37,64-65H,5-6,31H2,1-4H3/t36-,37+. The maximum absolute atomic E-state index is 15.3. The number of benzene rings is 8. The molecule has 0 spiro atoms. The van der Waals surface area contributed by atoms with Gasteiger partial charge in [-0.3, -0.25) is 0 Å². The molecule has 0 bridgehead atoms. The van der Waals surface area contributed by atoms with Crippen LogP contribution in [0.15, 0.2) is 171 Å². The number of hydrogen-bond donors (Lipinski definition) is 2. The van der Waals surface area contributed by atoms with Gasteiger partial charge in [0.25, 0.3) is 0 Å². The lowest BCUT2D eigenvalue weighted by Crippen LogP contribution is -2.23. The van der Waals surface area contributed by atoms with Gasteiger partial charge >= 0.3 is 0 Å². The highest BCUT2D eigenvalue weighted by molar-refractivity contribution is 6.03. The summed E-state index contributed by atoms with van der Waals surface area (Å²) < 4.78 is 43.7. The second-order valence-electron chi connectivity index (χ2n) is 17.4. The molecule has 332 valence electrons. The van der Waals surface area contributed by atoms with Crippen molar-refractivity contribution in [2.75, 3.05) is 9.80 Å². The molecule has 0 radical (unpaired) electrons. The Balaban J connectivity index is 0.946. The van der Waals surface area contributed by atoms with E-state index in [2.05, 4.69) is 13.2 Å². The number of hydrogen-bond acceptors (Lipinski definition) is 6. The molecule has 0 fully saturated rings. The molecule has 8 heteroatoms. The zero-order chi connectivity index (χ0) is 46.7. The number of phenols is 2. The highest BCUT2D eigenvalue weighted by Gasteiger charge is 2.32. The van der Waals surface area contributed by atoms with Gasteiger partial charge in [-0.25, -0.2) is 8.78 Å². The molecule has 2 atom stereocenters. The zero-order valence-electron chi connectivity index (χ0n) is 37.6. The predicted octanol–water partition coefficient (Wildman–Crippen LogP) is 15.6. The van der Waals surface area contributed by atoms with Crippen LogP contribution in [0, 0.1) is 25.5 Å². The van der Waals surface area contributed by atoms with Crippen molar-refractivity contribution in [2.45, 2.75) is 46.3 Å². The molecule has 0 amide bonds. The third-order valence-corrected chi connectivity index (χ3v) is 12.6. The third-order valence-electron chi connectivity index (χ3n) is 12.6. The number of aromatic hydroxyl groups is 2. The second kappa shape index (κ2) is 17.0. The summed E-state index contributed by atoms with van der Waals surface area (Å²) in [5, 5.41) is 24.5. The summed E-state index contributed by atoms with van der Waals surface area (Å²) in [4.78, 5) is 4.05. The van der Waals surface area contributed by atoms with Gasteiger partial charge in [-0.05, 0) is 135 Å². The smallest absolute Gasteiger partial charge is 0.147 e. The van der Waals surface area contributed by atoms with Crippen LogP contribution in [0.2, 0.25) is 0 Å². The van der Waals surface area contributed by atoms with Gasteiger partial charge in [0.05, 0.1) is 46.3 Å². The van der Waals surface area contributed by atoms with Crippen LogP contribution < -0.4 is 19.3 Å². The van der Waals surface area contributed by atoms with E-state index in [0.29, 0.717) is 51.5 Å². The fourth-order valence-electron chi connectivity index (χ4n) is 9.66. The maximum Gasteiger partial charge on any atom is 0.147 e. The Labute approximate surface area is 389 Å². The molecule has 0 aromatic heterocycles. The largest absolute Gasteiger partial charge is 0.505 e. The number of aryl methyl sites for hydroxylation is 2. The van der Waals surface area contributed by atoms with Gasteiger partial charge in [-0.2, -0.15) is 0 Å². The quantitative estimate of drug-likeness (QED) is 0.143. The van der Waals surface area contributed by atoms with Gasteiger partial charge < -0.3 is 29.5 Å². The van der Waals surface area contributed by atoms with Crippen molar-refractivity contribution in [3.05, 3.63) is 216 Å². The van der Waals surface area contributed by atoms with E-state index >= 15 is 8.78 Å². The number of ether oxygens (including phenoxy) is 2. The molecule has 8 aromatic rings. The van der Waals surface area contributed by atoms with Crippen LogP contribution in [0.5, 0.6) is 23.0 Å². The maximum atomic E-state index is 15.3. The molecule has 0 saturated heterocycles. The monoisotopic (exact) mass is 886 g/mol. The van der Waals surface area contributed by atoms with Crippen molar-refractivity contribution in [3.8, 4) is 45.3 Å². The Morgan fingerprint density at radius 2 is 0.761 bits per heavy atom. The SMILES string of the molecule is C=C1c2ccccc2N(c2cc(C)cc(-c3cc(F)ccc3O[C@H](C)C[C@H](C)Oc3ccc(F)cc3-c3cc(C)cc(N4c5ccccc5C(=C)c5ccccc54)c3O)c2O)c2ccccc21. The molecule has 0 saturated carbocycles. The van der Waals surface area contributed by atoms with E-state index in [4.69, 9.17) is 9.47 Å². The van der Waals surface area contributed by atoms with Crippen molar-refractivity contribution in [3.63, 3.8) is 0 Å². The van der Waals surface area contributed by atoms with E-state index in [9.17, 15) is 10.2 Å². The first-order chi connectivity index (χ1) is 32.4. The number of fused-ring (bicyclic) bond motifs is 4. The number of phenolic OH excluding ortho intramolecular Hbond substituents is 2. The molecular weight excluding hydrogens is 839 g/mol.